The molecule has 2 aromatic heterocycles. The molecular weight excluding hydrogens is 330 g/mol. The fraction of sp³-hybridized carbons (Fsp3) is 0.294. The lowest BCUT2D eigenvalue weighted by molar-refractivity contribution is 0.496. The molecule has 0 spiro atoms. The lowest BCUT2D eigenvalue weighted by Gasteiger charge is -2.37. The Bertz CT molecular complexity index is 997. The number of anilines is 1. The van der Waals surface area contributed by atoms with Crippen molar-refractivity contribution in [3.05, 3.63) is 54.2 Å². The van der Waals surface area contributed by atoms with Gasteiger partial charge in [-0.25, -0.2) is 15.0 Å². The lowest BCUT2D eigenvalue weighted by atomic mass is 10.1. The fourth-order valence-electron chi connectivity index (χ4n) is 4.07. The number of rotatable bonds is 2. The number of hydrogen-bond acceptors (Lipinski definition) is 7. The minimum absolute atomic E-state index is 0.135. The van der Waals surface area contributed by atoms with Crippen molar-refractivity contribution in [3.63, 3.8) is 0 Å². The highest BCUT2D eigenvalue weighted by molar-refractivity contribution is 5.78. The molecule has 0 saturated carbocycles. The van der Waals surface area contributed by atoms with Crippen molar-refractivity contribution in [2.45, 2.75) is 25.0 Å². The summed E-state index contributed by atoms with van der Waals surface area (Å²) in [5.74, 6) is 0.951. The molecule has 1 fully saturated rings. The summed E-state index contributed by atoms with van der Waals surface area (Å²) in [6, 6.07) is 8.55. The average Bonchev–Trinajstić information content (AvgIpc) is 3.47. The Kier molecular flexibility index (Phi) is 2.78. The number of imidazole rings is 1. The van der Waals surface area contributed by atoms with E-state index >= 15 is 0 Å². The van der Waals surface area contributed by atoms with E-state index in [0.717, 1.165) is 42.1 Å². The molecule has 0 radical (unpaired) electrons. The van der Waals surface area contributed by atoms with Crippen molar-refractivity contribution < 1.29 is 0 Å². The number of para-hydroxylation sites is 1. The summed E-state index contributed by atoms with van der Waals surface area (Å²) in [7, 11) is 0. The van der Waals surface area contributed by atoms with Gasteiger partial charge in [-0.15, -0.1) is 9.89 Å². The molecule has 6 rings (SSSR count). The smallest absolute Gasteiger partial charge is 0.173 e. The molecule has 1 saturated heterocycles. The Morgan fingerprint density at radius 2 is 2.12 bits per heavy atom. The monoisotopic (exact) mass is 347 g/mol. The van der Waals surface area contributed by atoms with Gasteiger partial charge in [0, 0.05) is 5.56 Å². The zero-order valence-electron chi connectivity index (χ0n) is 14.0. The van der Waals surface area contributed by atoms with Gasteiger partial charge in [-0.05, 0) is 30.7 Å². The fourth-order valence-corrected chi connectivity index (χ4v) is 4.07. The molecule has 5 heterocycles. The molecule has 0 amide bonds. The van der Waals surface area contributed by atoms with Crippen LogP contribution in [0.15, 0.2) is 48.0 Å². The van der Waals surface area contributed by atoms with Gasteiger partial charge in [-0.1, -0.05) is 18.2 Å². The lowest BCUT2D eigenvalue weighted by Crippen LogP contribution is -2.50. The number of aliphatic imine (C=N–C) groups is 1. The van der Waals surface area contributed by atoms with Gasteiger partial charge in [0.2, 0.25) is 0 Å². The van der Waals surface area contributed by atoms with Gasteiger partial charge in [0.25, 0.3) is 0 Å². The van der Waals surface area contributed by atoms with E-state index < -0.39 is 0 Å². The number of hydrazine groups is 1. The molecule has 26 heavy (non-hydrogen) atoms. The average molecular weight is 347 g/mol. The third kappa shape index (κ3) is 1.77. The molecule has 1 aromatic carbocycles. The Balaban J connectivity index is 1.48. The zero-order valence-corrected chi connectivity index (χ0v) is 14.0. The van der Waals surface area contributed by atoms with Crippen molar-refractivity contribution in [1.29, 1.82) is 0 Å². The van der Waals surface area contributed by atoms with Gasteiger partial charge < -0.3 is 5.32 Å². The molecule has 3 aromatic rings. The van der Waals surface area contributed by atoms with Crippen molar-refractivity contribution in [1.82, 2.24) is 30.0 Å². The third-order valence-corrected chi connectivity index (χ3v) is 5.26. The number of hydrogen-bond donors (Lipinski definition) is 1. The molecule has 0 bridgehead atoms. The standard InChI is InChI=1S/C17H17N9/c1-2-6-14-12(4-1)17-20-11-24(25(17)16-9-18-10-23(14)16)26-15(8-21-22-26)13-5-3-7-19-13/h1-2,4,6,8-11,13,17,19H,3,5,7H2. The quantitative estimate of drug-likeness (QED) is 0.753. The number of aromatic nitrogens is 5. The van der Waals surface area contributed by atoms with Crippen LogP contribution in [0.2, 0.25) is 0 Å². The van der Waals surface area contributed by atoms with Crippen molar-refractivity contribution in [2.75, 3.05) is 16.7 Å². The molecule has 3 aliphatic heterocycles. The first-order valence-corrected chi connectivity index (χ1v) is 8.79. The summed E-state index contributed by atoms with van der Waals surface area (Å²) < 4.78 is 2.08. The summed E-state index contributed by atoms with van der Waals surface area (Å²) in [6.45, 7) is 1.02. The predicted octanol–water partition coefficient (Wildman–Crippen LogP) is 1.30. The summed E-state index contributed by atoms with van der Waals surface area (Å²) in [6.07, 6.45) is 9.45. The van der Waals surface area contributed by atoms with Crippen LogP contribution in [-0.4, -0.2) is 37.5 Å². The minimum Gasteiger partial charge on any atom is -0.309 e. The molecule has 130 valence electrons. The van der Waals surface area contributed by atoms with E-state index in [1.54, 1.807) is 0 Å². The van der Waals surface area contributed by atoms with Crippen LogP contribution in [0.1, 0.15) is 36.3 Å². The van der Waals surface area contributed by atoms with Crippen LogP contribution < -0.4 is 15.4 Å². The van der Waals surface area contributed by atoms with E-state index in [1.165, 1.54) is 0 Å². The predicted molar refractivity (Wildman–Crippen MR) is 95.5 cm³/mol. The van der Waals surface area contributed by atoms with E-state index in [9.17, 15) is 0 Å². The third-order valence-electron chi connectivity index (χ3n) is 5.26. The largest absolute Gasteiger partial charge is 0.309 e. The van der Waals surface area contributed by atoms with E-state index in [4.69, 9.17) is 4.99 Å². The maximum Gasteiger partial charge on any atom is 0.173 e. The second-order valence-electron chi connectivity index (χ2n) is 6.68. The van der Waals surface area contributed by atoms with E-state index in [0.29, 0.717) is 0 Å². The van der Waals surface area contributed by atoms with Gasteiger partial charge in [0.05, 0.1) is 24.1 Å². The van der Waals surface area contributed by atoms with E-state index in [1.807, 2.05) is 47.1 Å². The second-order valence-corrected chi connectivity index (χ2v) is 6.68. The first-order chi connectivity index (χ1) is 12.9. The van der Waals surface area contributed by atoms with Gasteiger partial charge in [0.1, 0.15) is 18.4 Å². The van der Waals surface area contributed by atoms with E-state index in [-0.39, 0.29) is 12.2 Å². The molecule has 9 heteroatoms. The number of fused-ring (bicyclic) bond motifs is 6. The number of benzene rings is 1. The van der Waals surface area contributed by atoms with Gasteiger partial charge in [-0.2, -0.15) is 5.12 Å². The first-order valence-electron chi connectivity index (χ1n) is 8.79. The summed E-state index contributed by atoms with van der Waals surface area (Å²) in [4.78, 5) is 11.0. The van der Waals surface area contributed by atoms with Crippen LogP contribution in [0.4, 0.5) is 5.82 Å². The molecule has 2 atom stereocenters. The molecule has 3 aliphatic rings. The van der Waals surface area contributed by atoms with Crippen molar-refractivity contribution in [2.24, 2.45) is 4.99 Å². The normalized spacial score (nSPS) is 23.2. The topological polar surface area (TPSA) is 79.4 Å². The Labute approximate surface area is 149 Å². The SMILES string of the molecule is C1=NC2c3ccccc3-n3cncc3N2N1n1nncc1C1CCCN1. The molecule has 9 nitrogen and oxygen atoms in total. The van der Waals surface area contributed by atoms with Gasteiger partial charge in [-0.3, -0.25) is 4.57 Å². The molecule has 2 unspecified atom stereocenters. The van der Waals surface area contributed by atoms with Crippen LogP contribution in [-0.2, 0) is 0 Å². The first kappa shape index (κ1) is 14.0. The number of nitrogens with zero attached hydrogens (tertiary/aromatic N) is 8. The molecular formula is C17H17N9. The highest BCUT2D eigenvalue weighted by Crippen LogP contribution is 2.41. The van der Waals surface area contributed by atoms with Crippen LogP contribution >= 0.6 is 0 Å². The van der Waals surface area contributed by atoms with Gasteiger partial charge >= 0.3 is 0 Å². The Morgan fingerprint density at radius 1 is 1.15 bits per heavy atom. The Hall–Kier alpha value is -3.20. The van der Waals surface area contributed by atoms with Crippen molar-refractivity contribution in [3.8, 4) is 5.69 Å². The van der Waals surface area contributed by atoms with Crippen LogP contribution in [0, 0.1) is 0 Å². The van der Waals surface area contributed by atoms with Gasteiger partial charge in [0.15, 0.2) is 12.0 Å². The minimum atomic E-state index is -0.135. The highest BCUT2D eigenvalue weighted by atomic mass is 15.9. The highest BCUT2D eigenvalue weighted by Gasteiger charge is 2.40. The maximum atomic E-state index is 4.76. The van der Waals surface area contributed by atoms with E-state index in [2.05, 4.69) is 42.3 Å². The summed E-state index contributed by atoms with van der Waals surface area (Å²) in [5, 5.41) is 16.0. The van der Waals surface area contributed by atoms with Crippen LogP contribution in [0.5, 0.6) is 0 Å². The van der Waals surface area contributed by atoms with Crippen LogP contribution in [0.3, 0.4) is 0 Å². The molecule has 1 N–H and O–H groups in total. The number of nitrogens with one attached hydrogen (secondary N) is 1. The maximum absolute atomic E-state index is 4.76. The Morgan fingerprint density at radius 3 is 3.04 bits per heavy atom. The van der Waals surface area contributed by atoms with Crippen molar-refractivity contribution >= 4 is 12.2 Å². The second kappa shape index (κ2) is 5.15. The summed E-state index contributed by atoms with van der Waals surface area (Å²) >= 11 is 0. The zero-order chi connectivity index (χ0) is 17.1. The summed E-state index contributed by atoms with van der Waals surface area (Å²) in [5.41, 5.74) is 3.29. The molecule has 0 aliphatic carbocycles. The van der Waals surface area contributed by atoms with Crippen LogP contribution in [0.25, 0.3) is 5.69 Å².